The number of aryl methyl sites for hydroxylation is 1. The first-order valence-electron chi connectivity index (χ1n) is 9.32. The van der Waals surface area contributed by atoms with Crippen LogP contribution in [-0.2, 0) is 9.53 Å². The minimum Gasteiger partial charge on any atom is -0.461 e. The van der Waals surface area contributed by atoms with Gasteiger partial charge in [-0.3, -0.25) is 5.01 Å². The Kier molecular flexibility index (Phi) is 3.54. The summed E-state index contributed by atoms with van der Waals surface area (Å²) < 4.78 is 5.34. The number of carbonyl (C=O) groups excluding carboxylic acids is 1. The average molecular weight is 356 g/mol. The number of carbonyl (C=O) groups is 1. The van der Waals surface area contributed by atoms with E-state index in [9.17, 15) is 4.79 Å². The van der Waals surface area contributed by atoms with Crippen molar-refractivity contribution in [2.24, 2.45) is 5.10 Å². The summed E-state index contributed by atoms with van der Waals surface area (Å²) >= 11 is 0. The number of hydrogen-bond acceptors (Lipinski definition) is 4. The molecule has 134 valence electrons. The molecule has 4 heteroatoms. The molecule has 0 amide bonds. The van der Waals surface area contributed by atoms with Crippen LogP contribution in [-0.4, -0.2) is 18.3 Å². The van der Waals surface area contributed by atoms with Gasteiger partial charge in [0, 0.05) is 0 Å². The van der Waals surface area contributed by atoms with E-state index >= 15 is 0 Å². The third-order valence-corrected chi connectivity index (χ3v) is 5.50. The molecule has 1 aliphatic carbocycles. The standard InChI is InChI=1S/C23H20N2O2/c1-3-27-23(26)21-20-17-8-4-6-15-7-5-9-18(19(15)17)22(20)25(24-21)16-12-10-14(2)11-13-16/h4-13,20,22H,3H2,1-2H3. The lowest BCUT2D eigenvalue weighted by molar-refractivity contribution is -0.135. The highest BCUT2D eigenvalue weighted by Gasteiger charge is 2.48. The molecule has 4 nitrogen and oxygen atoms in total. The zero-order chi connectivity index (χ0) is 18.5. The van der Waals surface area contributed by atoms with E-state index < -0.39 is 0 Å². The lowest BCUT2D eigenvalue weighted by atomic mass is 9.92. The number of ether oxygens (including phenoxy) is 1. The fourth-order valence-corrected chi connectivity index (χ4v) is 4.35. The van der Waals surface area contributed by atoms with Gasteiger partial charge in [0.2, 0.25) is 0 Å². The Morgan fingerprint density at radius 3 is 2.44 bits per heavy atom. The number of nitrogens with zero attached hydrogens (tertiary/aromatic N) is 2. The second-order valence-electron chi connectivity index (χ2n) is 7.10. The first-order chi connectivity index (χ1) is 13.2. The van der Waals surface area contributed by atoms with Crippen LogP contribution in [0.3, 0.4) is 0 Å². The largest absolute Gasteiger partial charge is 0.461 e. The highest BCUT2D eigenvalue weighted by atomic mass is 16.5. The molecule has 0 radical (unpaired) electrons. The molecule has 0 fully saturated rings. The summed E-state index contributed by atoms with van der Waals surface area (Å²) in [7, 11) is 0. The van der Waals surface area contributed by atoms with E-state index in [4.69, 9.17) is 9.84 Å². The summed E-state index contributed by atoms with van der Waals surface area (Å²) in [6, 6.07) is 20.9. The molecule has 0 bridgehead atoms. The van der Waals surface area contributed by atoms with Crippen LogP contribution in [0, 0.1) is 6.92 Å². The molecule has 5 rings (SSSR count). The maximum Gasteiger partial charge on any atom is 0.355 e. The minimum absolute atomic E-state index is 0.0202. The quantitative estimate of drug-likeness (QED) is 0.637. The van der Waals surface area contributed by atoms with E-state index in [1.807, 2.05) is 11.9 Å². The summed E-state index contributed by atoms with van der Waals surface area (Å²) in [4.78, 5) is 12.7. The molecule has 0 N–H and O–H groups in total. The number of esters is 1. The lowest BCUT2D eigenvalue weighted by Gasteiger charge is -2.24. The maximum atomic E-state index is 12.7. The zero-order valence-corrected chi connectivity index (χ0v) is 15.3. The van der Waals surface area contributed by atoms with Crippen molar-refractivity contribution in [3.05, 3.63) is 77.4 Å². The third kappa shape index (κ3) is 2.29. The van der Waals surface area contributed by atoms with E-state index in [0.717, 1.165) is 11.3 Å². The van der Waals surface area contributed by atoms with Crippen molar-refractivity contribution < 1.29 is 9.53 Å². The van der Waals surface area contributed by atoms with E-state index in [1.54, 1.807) is 0 Å². The van der Waals surface area contributed by atoms with Crippen molar-refractivity contribution in [1.82, 2.24) is 0 Å². The number of benzene rings is 3. The van der Waals surface area contributed by atoms with Crippen molar-refractivity contribution in [3.8, 4) is 0 Å². The van der Waals surface area contributed by atoms with Crippen molar-refractivity contribution in [2.45, 2.75) is 25.8 Å². The van der Waals surface area contributed by atoms with Gasteiger partial charge in [-0.15, -0.1) is 0 Å². The van der Waals surface area contributed by atoms with Gasteiger partial charge in [-0.1, -0.05) is 54.1 Å². The summed E-state index contributed by atoms with van der Waals surface area (Å²) in [5.74, 6) is -0.432. The molecule has 2 atom stereocenters. The predicted octanol–water partition coefficient (Wildman–Crippen LogP) is 4.73. The summed E-state index contributed by atoms with van der Waals surface area (Å²) in [6.45, 7) is 4.24. The molecule has 2 unspecified atom stereocenters. The molecule has 0 aromatic heterocycles. The monoisotopic (exact) mass is 356 g/mol. The smallest absolute Gasteiger partial charge is 0.355 e. The van der Waals surface area contributed by atoms with Gasteiger partial charge in [0.05, 0.1) is 24.3 Å². The Morgan fingerprint density at radius 2 is 1.74 bits per heavy atom. The van der Waals surface area contributed by atoms with E-state index in [-0.39, 0.29) is 17.9 Å². The van der Waals surface area contributed by atoms with Crippen LogP contribution in [0.25, 0.3) is 10.8 Å². The topological polar surface area (TPSA) is 41.9 Å². The van der Waals surface area contributed by atoms with Crippen LogP contribution in [0.5, 0.6) is 0 Å². The second kappa shape index (κ2) is 5.95. The normalized spacial score (nSPS) is 19.9. The molecule has 0 saturated heterocycles. The minimum atomic E-state index is -0.327. The van der Waals surface area contributed by atoms with Gasteiger partial charge in [-0.05, 0) is 47.9 Å². The summed E-state index contributed by atoms with van der Waals surface area (Å²) in [5.41, 5.74) is 5.05. The van der Waals surface area contributed by atoms with Gasteiger partial charge in [0.25, 0.3) is 0 Å². The number of hydrogen-bond donors (Lipinski definition) is 0. The number of fused-ring (bicyclic) bond motifs is 3. The molecular formula is C23H20N2O2. The van der Waals surface area contributed by atoms with Crippen molar-refractivity contribution in [3.63, 3.8) is 0 Å². The van der Waals surface area contributed by atoms with Crippen molar-refractivity contribution in [2.75, 3.05) is 11.6 Å². The second-order valence-corrected chi connectivity index (χ2v) is 7.10. The fourth-order valence-electron chi connectivity index (χ4n) is 4.35. The zero-order valence-electron chi connectivity index (χ0n) is 15.3. The van der Waals surface area contributed by atoms with E-state index in [2.05, 4.69) is 67.6 Å². The molecule has 0 spiro atoms. The predicted molar refractivity (Wildman–Crippen MR) is 107 cm³/mol. The molecule has 3 aromatic rings. The first kappa shape index (κ1) is 16.1. The molecular weight excluding hydrogens is 336 g/mol. The van der Waals surface area contributed by atoms with Gasteiger partial charge < -0.3 is 4.74 Å². The van der Waals surface area contributed by atoms with Crippen LogP contribution >= 0.6 is 0 Å². The Balaban J connectivity index is 1.72. The third-order valence-electron chi connectivity index (χ3n) is 5.50. The Morgan fingerprint density at radius 1 is 1.04 bits per heavy atom. The average Bonchev–Trinajstić information content (AvgIpc) is 3.22. The van der Waals surface area contributed by atoms with Gasteiger partial charge in [-0.2, -0.15) is 5.10 Å². The van der Waals surface area contributed by atoms with Crippen LogP contribution < -0.4 is 5.01 Å². The molecule has 2 aliphatic rings. The van der Waals surface area contributed by atoms with E-state index in [0.29, 0.717) is 12.3 Å². The summed E-state index contributed by atoms with van der Waals surface area (Å²) in [6.07, 6.45) is 0. The number of hydrazone groups is 1. The Bertz CT molecular complexity index is 1080. The van der Waals surface area contributed by atoms with Gasteiger partial charge >= 0.3 is 5.97 Å². The SMILES string of the molecule is CCOC(=O)C1=NN(c2ccc(C)cc2)C2c3cccc4cccc(c34)C12. The molecule has 1 aliphatic heterocycles. The molecule has 1 heterocycles. The molecule has 0 saturated carbocycles. The fraction of sp³-hybridized carbons (Fsp3) is 0.217. The first-order valence-corrected chi connectivity index (χ1v) is 9.32. The van der Waals surface area contributed by atoms with Crippen molar-refractivity contribution >= 4 is 28.1 Å². The van der Waals surface area contributed by atoms with Gasteiger partial charge in [-0.25, -0.2) is 4.79 Å². The lowest BCUT2D eigenvalue weighted by Crippen LogP contribution is -2.24. The van der Waals surface area contributed by atoms with Gasteiger partial charge in [0.15, 0.2) is 5.71 Å². The molecule has 3 aromatic carbocycles. The van der Waals surface area contributed by atoms with Crippen molar-refractivity contribution in [1.29, 1.82) is 0 Å². The van der Waals surface area contributed by atoms with Gasteiger partial charge in [0.1, 0.15) is 0 Å². The van der Waals surface area contributed by atoms with Crippen LogP contribution in [0.4, 0.5) is 5.69 Å². The van der Waals surface area contributed by atoms with Crippen LogP contribution in [0.1, 0.15) is 35.6 Å². The highest BCUT2D eigenvalue weighted by Crippen LogP contribution is 2.53. The van der Waals surface area contributed by atoms with Crippen LogP contribution in [0.15, 0.2) is 65.8 Å². The Labute approximate surface area is 158 Å². The molecule has 27 heavy (non-hydrogen) atoms. The van der Waals surface area contributed by atoms with E-state index in [1.165, 1.54) is 21.9 Å². The summed E-state index contributed by atoms with van der Waals surface area (Å²) in [5, 5.41) is 9.18. The van der Waals surface area contributed by atoms with Crippen LogP contribution in [0.2, 0.25) is 0 Å². The highest BCUT2D eigenvalue weighted by molar-refractivity contribution is 6.40. The maximum absolute atomic E-state index is 12.7. The number of anilines is 1. The Hall–Kier alpha value is -3.14. The number of rotatable bonds is 3.